The van der Waals surface area contributed by atoms with Gasteiger partial charge in [-0.25, -0.2) is 9.97 Å². The van der Waals surface area contributed by atoms with Crippen LogP contribution in [-0.2, 0) is 17.6 Å². The van der Waals surface area contributed by atoms with E-state index in [0.29, 0.717) is 6.61 Å². The van der Waals surface area contributed by atoms with E-state index in [1.807, 2.05) is 30.3 Å². The van der Waals surface area contributed by atoms with Crippen LogP contribution in [0.5, 0.6) is 0 Å². The zero-order valence-corrected chi connectivity index (χ0v) is 15.0. The second-order valence-electron chi connectivity index (χ2n) is 5.33. The van der Waals surface area contributed by atoms with E-state index in [-0.39, 0.29) is 0 Å². The van der Waals surface area contributed by atoms with Crippen molar-refractivity contribution in [1.82, 2.24) is 9.97 Å². The van der Waals surface area contributed by atoms with E-state index >= 15 is 0 Å². The highest BCUT2D eigenvalue weighted by Gasteiger charge is 2.03. The van der Waals surface area contributed by atoms with E-state index in [2.05, 4.69) is 22.6 Å². The maximum Gasteiger partial charge on any atom is 0.152 e. The molecule has 1 aliphatic carbocycles. The van der Waals surface area contributed by atoms with E-state index in [1.54, 1.807) is 6.20 Å². The zero-order chi connectivity index (χ0) is 16.3. The van der Waals surface area contributed by atoms with Gasteiger partial charge in [0, 0.05) is 18.2 Å². The van der Waals surface area contributed by atoms with E-state index in [9.17, 15) is 0 Å². The van der Waals surface area contributed by atoms with E-state index in [4.69, 9.17) is 9.42 Å². The minimum absolute atomic E-state index is 0.400. The highest BCUT2D eigenvalue weighted by molar-refractivity contribution is 7.80. The molecule has 23 heavy (non-hydrogen) atoms. The third-order valence-electron chi connectivity index (χ3n) is 3.57. The molecule has 0 amide bonds. The molecule has 3 rings (SSSR count). The second-order valence-corrected chi connectivity index (χ2v) is 6.24. The van der Waals surface area contributed by atoms with Gasteiger partial charge >= 0.3 is 0 Å². The number of nitrogens with zero attached hydrogens (tertiary/aromatic N) is 2. The molecule has 1 heterocycles. The second kappa shape index (κ2) is 10.7. The fourth-order valence-electron chi connectivity index (χ4n) is 1.97. The van der Waals surface area contributed by atoms with Crippen molar-refractivity contribution in [3.05, 3.63) is 47.9 Å². The lowest BCUT2D eigenvalue weighted by Crippen LogP contribution is -1.97. The molecular formula is C17H23N2O2PS. The van der Waals surface area contributed by atoms with Gasteiger partial charge in [-0.1, -0.05) is 43.9 Å². The summed E-state index contributed by atoms with van der Waals surface area (Å²) in [4.78, 5) is 17.4. The lowest BCUT2D eigenvalue weighted by molar-refractivity contribution is 0.316. The third-order valence-corrected chi connectivity index (χ3v) is 4.06. The van der Waals surface area contributed by atoms with Crippen LogP contribution in [0.4, 0.5) is 0 Å². The van der Waals surface area contributed by atoms with Crippen LogP contribution >= 0.6 is 21.7 Å². The van der Waals surface area contributed by atoms with Crippen LogP contribution in [0.15, 0.2) is 36.5 Å². The monoisotopic (exact) mass is 350 g/mol. The number of thiol groups is 1. The zero-order valence-electron chi connectivity index (χ0n) is 13.1. The number of hydrogen-bond acceptors (Lipinski definition) is 5. The Kier molecular flexibility index (Phi) is 8.54. The standard InChI is InChI=1S/C13H15N2O2PS.C4H8/c16-18-17-9-10-2-1-3-11(8-10)12-4-6-14-13(15-12)5-7-19;1-2-4-3-1/h1-4,6,8,16,18-19H,5,7,9H2;1-4H2. The average Bonchev–Trinajstić information content (AvgIpc) is 2.52. The Morgan fingerprint density at radius 1 is 1.17 bits per heavy atom. The summed E-state index contributed by atoms with van der Waals surface area (Å²) in [5, 5.41) is 0. The molecule has 1 aromatic carbocycles. The quantitative estimate of drug-likeness (QED) is 0.606. The molecule has 0 radical (unpaired) electrons. The van der Waals surface area contributed by atoms with Gasteiger partial charge in [0.25, 0.3) is 0 Å². The first-order chi connectivity index (χ1) is 11.3. The Morgan fingerprint density at radius 2 is 1.96 bits per heavy atom. The summed E-state index contributed by atoms with van der Waals surface area (Å²) < 4.78 is 5.01. The van der Waals surface area contributed by atoms with Crippen molar-refractivity contribution >= 4 is 21.7 Å². The minimum atomic E-state index is -0.490. The van der Waals surface area contributed by atoms with Gasteiger partial charge in [-0.2, -0.15) is 12.6 Å². The first-order valence-electron chi connectivity index (χ1n) is 7.86. The van der Waals surface area contributed by atoms with Crippen LogP contribution in [0, 0.1) is 0 Å². The lowest BCUT2D eigenvalue weighted by atomic mass is 10.0. The number of benzene rings is 1. The van der Waals surface area contributed by atoms with Gasteiger partial charge in [0.15, 0.2) is 9.03 Å². The van der Waals surface area contributed by atoms with E-state index in [1.165, 1.54) is 25.7 Å². The predicted octanol–water partition coefficient (Wildman–Crippen LogP) is 4.19. The van der Waals surface area contributed by atoms with Crippen LogP contribution < -0.4 is 0 Å². The molecule has 1 N–H and O–H groups in total. The molecule has 1 aromatic heterocycles. The molecule has 0 spiro atoms. The Balaban J connectivity index is 0.000000417. The summed E-state index contributed by atoms with van der Waals surface area (Å²) in [5.41, 5.74) is 2.92. The highest BCUT2D eigenvalue weighted by atomic mass is 32.1. The molecule has 0 bridgehead atoms. The van der Waals surface area contributed by atoms with Crippen molar-refractivity contribution in [2.24, 2.45) is 0 Å². The van der Waals surface area contributed by atoms with E-state index in [0.717, 1.165) is 34.8 Å². The molecular weight excluding hydrogens is 327 g/mol. The largest absolute Gasteiger partial charge is 0.352 e. The molecule has 1 saturated carbocycles. The van der Waals surface area contributed by atoms with Gasteiger partial charge in [-0.15, -0.1) is 0 Å². The summed E-state index contributed by atoms with van der Waals surface area (Å²) in [6, 6.07) is 9.80. The van der Waals surface area contributed by atoms with Crippen molar-refractivity contribution in [3.8, 4) is 11.3 Å². The predicted molar refractivity (Wildman–Crippen MR) is 98.8 cm³/mol. The van der Waals surface area contributed by atoms with Gasteiger partial charge in [0.1, 0.15) is 5.82 Å². The van der Waals surface area contributed by atoms with Gasteiger partial charge in [0.2, 0.25) is 0 Å². The first-order valence-corrected chi connectivity index (χ1v) is 9.35. The molecule has 4 nitrogen and oxygen atoms in total. The summed E-state index contributed by atoms with van der Waals surface area (Å²) in [7, 11) is -0.490. The van der Waals surface area contributed by atoms with Crippen LogP contribution in [0.25, 0.3) is 11.3 Å². The Morgan fingerprint density at radius 3 is 2.61 bits per heavy atom. The number of rotatable bonds is 6. The first kappa shape index (κ1) is 18.3. The lowest BCUT2D eigenvalue weighted by Gasteiger charge is -2.06. The summed E-state index contributed by atoms with van der Waals surface area (Å²) in [6.45, 7) is 0.400. The summed E-state index contributed by atoms with van der Waals surface area (Å²) >= 11 is 4.19. The van der Waals surface area contributed by atoms with Crippen molar-refractivity contribution < 1.29 is 9.42 Å². The molecule has 6 heteroatoms. The SMILES string of the molecule is C1CCC1.OPOCc1cccc(-c2ccnc(CCS)n2)c1. The van der Waals surface area contributed by atoms with Gasteiger partial charge < -0.3 is 9.42 Å². The molecule has 0 saturated heterocycles. The molecule has 0 aliphatic heterocycles. The molecule has 2 aromatic rings. The Labute approximate surface area is 145 Å². The number of aromatic nitrogens is 2. The maximum absolute atomic E-state index is 8.69. The van der Waals surface area contributed by atoms with Crippen LogP contribution in [0.1, 0.15) is 37.1 Å². The summed E-state index contributed by atoms with van der Waals surface area (Å²) in [5.74, 6) is 1.53. The van der Waals surface area contributed by atoms with Crippen molar-refractivity contribution in [2.75, 3.05) is 5.75 Å². The average molecular weight is 350 g/mol. The van der Waals surface area contributed by atoms with E-state index < -0.39 is 9.03 Å². The number of hydrogen-bond donors (Lipinski definition) is 2. The van der Waals surface area contributed by atoms with Gasteiger partial charge in [-0.05, 0) is 23.4 Å². The van der Waals surface area contributed by atoms with Crippen LogP contribution in [0.2, 0.25) is 0 Å². The molecule has 1 atom stereocenters. The molecule has 124 valence electrons. The van der Waals surface area contributed by atoms with Crippen molar-refractivity contribution in [2.45, 2.75) is 38.7 Å². The fourth-order valence-corrected chi connectivity index (χ4v) is 2.40. The highest BCUT2D eigenvalue weighted by Crippen LogP contribution is 2.20. The molecule has 1 unspecified atom stereocenters. The maximum atomic E-state index is 8.69. The van der Waals surface area contributed by atoms with Gasteiger partial charge in [0.05, 0.1) is 12.3 Å². The van der Waals surface area contributed by atoms with Crippen molar-refractivity contribution in [1.29, 1.82) is 0 Å². The van der Waals surface area contributed by atoms with Crippen molar-refractivity contribution in [3.63, 3.8) is 0 Å². The Hall–Kier alpha value is -1.00. The topological polar surface area (TPSA) is 55.2 Å². The smallest absolute Gasteiger partial charge is 0.152 e. The van der Waals surface area contributed by atoms with Gasteiger partial charge in [-0.3, -0.25) is 0 Å². The van der Waals surface area contributed by atoms with Crippen LogP contribution in [0.3, 0.4) is 0 Å². The Bertz CT molecular complexity index is 590. The number of aryl methyl sites for hydroxylation is 1. The summed E-state index contributed by atoms with van der Waals surface area (Å²) in [6.07, 6.45) is 8.52. The molecule has 1 fully saturated rings. The minimum Gasteiger partial charge on any atom is -0.352 e. The fraction of sp³-hybridized carbons (Fsp3) is 0.412. The molecule has 1 aliphatic rings. The normalized spacial score (nSPS) is 13.5. The third kappa shape index (κ3) is 6.56. The van der Waals surface area contributed by atoms with Crippen LogP contribution in [-0.4, -0.2) is 20.6 Å².